The molecule has 32 heavy (non-hydrogen) atoms. The van der Waals surface area contributed by atoms with Crippen molar-refractivity contribution in [1.29, 1.82) is 0 Å². The fourth-order valence-corrected chi connectivity index (χ4v) is 5.31. The lowest BCUT2D eigenvalue weighted by atomic mass is 10.0. The van der Waals surface area contributed by atoms with E-state index in [1.807, 2.05) is 25.1 Å². The van der Waals surface area contributed by atoms with Crippen LogP contribution in [0.15, 0.2) is 83.9 Å². The number of aromatic nitrogens is 1. The molecule has 0 bridgehead atoms. The van der Waals surface area contributed by atoms with Gasteiger partial charge in [0.2, 0.25) is 5.78 Å². The van der Waals surface area contributed by atoms with Crippen LogP contribution in [0.1, 0.15) is 26.4 Å². The predicted octanol–water partition coefficient (Wildman–Crippen LogP) is 5.54. The number of carbonyl (C=O) groups is 1. The lowest BCUT2D eigenvalue weighted by Crippen LogP contribution is -2.14. The highest BCUT2D eigenvalue weighted by molar-refractivity contribution is 7.92. The molecule has 0 atom stereocenters. The Labute approximate surface area is 191 Å². The normalized spacial score (nSPS) is 11.2. The molecular weight excluding hydrogens is 442 g/mol. The molecule has 0 aliphatic heterocycles. The van der Waals surface area contributed by atoms with Crippen molar-refractivity contribution < 1.29 is 13.2 Å². The highest BCUT2D eigenvalue weighted by Gasteiger charge is 2.17. The minimum atomic E-state index is -3.67. The molecule has 1 heterocycles. The van der Waals surface area contributed by atoms with E-state index in [1.165, 1.54) is 11.3 Å². The molecule has 4 rings (SSSR count). The fourth-order valence-electron chi connectivity index (χ4n) is 3.21. The Hall–Kier alpha value is -3.49. The van der Waals surface area contributed by atoms with Crippen LogP contribution >= 0.6 is 11.3 Å². The molecule has 6 nitrogen and oxygen atoms in total. The lowest BCUT2D eigenvalue weighted by molar-refractivity contribution is 0.104. The summed E-state index contributed by atoms with van der Waals surface area (Å²) in [6.07, 6.45) is 1.56. The molecule has 1 aromatic heterocycles. The number of carbonyl (C=O) groups excluding carboxylic acids is 1. The van der Waals surface area contributed by atoms with Gasteiger partial charge in [-0.3, -0.25) is 9.52 Å². The SMILES string of the molecule is Cc1ccccc1C(=O)c1cnc(Nc2ccc(NS(=O)(=O)c3ccccc3C)cc2)s1. The number of rotatable bonds is 7. The van der Waals surface area contributed by atoms with Gasteiger partial charge in [0.1, 0.15) is 0 Å². The summed E-state index contributed by atoms with van der Waals surface area (Å²) in [7, 11) is -3.67. The van der Waals surface area contributed by atoms with Crippen molar-refractivity contribution in [2.75, 3.05) is 10.0 Å². The summed E-state index contributed by atoms with van der Waals surface area (Å²) in [6.45, 7) is 3.66. The number of nitrogens with one attached hydrogen (secondary N) is 2. The van der Waals surface area contributed by atoms with E-state index in [4.69, 9.17) is 0 Å². The van der Waals surface area contributed by atoms with Crippen LogP contribution in [0, 0.1) is 13.8 Å². The van der Waals surface area contributed by atoms with E-state index in [-0.39, 0.29) is 10.7 Å². The van der Waals surface area contributed by atoms with Crippen molar-refractivity contribution in [2.24, 2.45) is 0 Å². The van der Waals surface area contributed by atoms with Gasteiger partial charge in [0.05, 0.1) is 16.0 Å². The molecule has 2 N–H and O–H groups in total. The molecule has 3 aromatic carbocycles. The van der Waals surface area contributed by atoms with Gasteiger partial charge in [0.15, 0.2) is 5.13 Å². The van der Waals surface area contributed by atoms with E-state index in [2.05, 4.69) is 15.0 Å². The van der Waals surface area contributed by atoms with Gasteiger partial charge in [0, 0.05) is 16.9 Å². The molecule has 0 spiro atoms. The first-order chi connectivity index (χ1) is 15.3. The number of sulfonamides is 1. The third-order valence-electron chi connectivity index (χ3n) is 4.89. The molecule has 0 saturated heterocycles. The molecular formula is C24H21N3O3S2. The quantitative estimate of drug-likeness (QED) is 0.352. The summed E-state index contributed by atoms with van der Waals surface area (Å²) < 4.78 is 27.9. The Kier molecular flexibility index (Phi) is 6.07. The second-order valence-electron chi connectivity index (χ2n) is 7.25. The van der Waals surface area contributed by atoms with Crippen LogP contribution in [0.4, 0.5) is 16.5 Å². The number of hydrogen-bond donors (Lipinski definition) is 2. The third-order valence-corrected chi connectivity index (χ3v) is 7.34. The maximum Gasteiger partial charge on any atom is 0.262 e. The van der Waals surface area contributed by atoms with Crippen LogP contribution < -0.4 is 10.0 Å². The van der Waals surface area contributed by atoms with Crippen molar-refractivity contribution in [1.82, 2.24) is 4.98 Å². The van der Waals surface area contributed by atoms with Crippen molar-refractivity contribution in [3.8, 4) is 0 Å². The number of nitrogens with zero attached hydrogens (tertiary/aromatic N) is 1. The predicted molar refractivity (Wildman–Crippen MR) is 128 cm³/mol. The summed E-state index contributed by atoms with van der Waals surface area (Å²) >= 11 is 1.27. The van der Waals surface area contributed by atoms with Crippen molar-refractivity contribution in [3.63, 3.8) is 0 Å². The minimum Gasteiger partial charge on any atom is -0.332 e. The van der Waals surface area contributed by atoms with Gasteiger partial charge < -0.3 is 5.32 Å². The molecule has 8 heteroatoms. The number of ketones is 1. The summed E-state index contributed by atoms with van der Waals surface area (Å²) in [5.41, 5.74) is 3.44. The second kappa shape index (κ2) is 8.94. The van der Waals surface area contributed by atoms with Gasteiger partial charge in [-0.1, -0.05) is 53.8 Å². The molecule has 0 amide bonds. The Balaban J connectivity index is 1.45. The zero-order valence-electron chi connectivity index (χ0n) is 17.5. The number of hydrogen-bond acceptors (Lipinski definition) is 6. The summed E-state index contributed by atoms with van der Waals surface area (Å²) in [5, 5.41) is 3.73. The topological polar surface area (TPSA) is 88.2 Å². The monoisotopic (exact) mass is 463 g/mol. The van der Waals surface area contributed by atoms with Crippen LogP contribution in [-0.4, -0.2) is 19.2 Å². The van der Waals surface area contributed by atoms with E-state index in [0.717, 1.165) is 11.3 Å². The van der Waals surface area contributed by atoms with Gasteiger partial charge >= 0.3 is 0 Å². The van der Waals surface area contributed by atoms with Gasteiger partial charge in [-0.25, -0.2) is 13.4 Å². The Bertz CT molecular complexity index is 1380. The van der Waals surface area contributed by atoms with Crippen LogP contribution in [0.25, 0.3) is 0 Å². The summed E-state index contributed by atoms with van der Waals surface area (Å²) in [4.78, 5) is 17.8. The fraction of sp³-hybridized carbons (Fsp3) is 0.0833. The molecule has 0 fully saturated rings. The molecule has 0 aliphatic rings. The molecule has 162 valence electrons. The van der Waals surface area contributed by atoms with Crippen molar-refractivity contribution >= 4 is 43.6 Å². The van der Waals surface area contributed by atoms with Crippen molar-refractivity contribution in [3.05, 3.63) is 101 Å². The first kappa shape index (κ1) is 21.7. The number of thiazole rings is 1. The van der Waals surface area contributed by atoms with Crippen LogP contribution in [-0.2, 0) is 10.0 Å². The highest BCUT2D eigenvalue weighted by atomic mass is 32.2. The molecule has 0 aliphatic carbocycles. The van der Waals surface area contributed by atoms with Gasteiger partial charge in [-0.15, -0.1) is 0 Å². The van der Waals surface area contributed by atoms with Crippen LogP contribution in [0.5, 0.6) is 0 Å². The van der Waals surface area contributed by atoms with Crippen LogP contribution in [0.3, 0.4) is 0 Å². The Morgan fingerprint density at radius 3 is 2.16 bits per heavy atom. The summed E-state index contributed by atoms with van der Waals surface area (Å²) in [6, 6.07) is 21.1. The van der Waals surface area contributed by atoms with E-state index in [9.17, 15) is 13.2 Å². The minimum absolute atomic E-state index is 0.0605. The largest absolute Gasteiger partial charge is 0.332 e. The van der Waals surface area contributed by atoms with E-state index in [0.29, 0.717) is 26.8 Å². The maximum atomic E-state index is 12.7. The standard InChI is InChI=1S/C24H21N3O3S2/c1-16-7-3-5-9-20(16)23(28)21-15-25-24(31-21)26-18-11-13-19(14-12-18)27-32(29,30)22-10-6-4-8-17(22)2/h3-15,27H,1-2H3,(H,25,26). The van der Waals surface area contributed by atoms with E-state index >= 15 is 0 Å². The Morgan fingerprint density at radius 2 is 1.47 bits per heavy atom. The molecule has 0 saturated carbocycles. The van der Waals surface area contributed by atoms with Gasteiger partial charge in [-0.2, -0.15) is 0 Å². The van der Waals surface area contributed by atoms with Crippen molar-refractivity contribution in [2.45, 2.75) is 18.7 Å². The van der Waals surface area contributed by atoms with E-state index in [1.54, 1.807) is 67.7 Å². The average molecular weight is 464 g/mol. The number of benzene rings is 3. The average Bonchev–Trinajstić information content (AvgIpc) is 3.23. The molecule has 0 radical (unpaired) electrons. The zero-order chi connectivity index (χ0) is 22.7. The summed E-state index contributed by atoms with van der Waals surface area (Å²) in [5.74, 6) is -0.0605. The van der Waals surface area contributed by atoms with Gasteiger partial charge in [-0.05, 0) is 55.3 Å². The zero-order valence-corrected chi connectivity index (χ0v) is 19.1. The van der Waals surface area contributed by atoms with Crippen LogP contribution in [0.2, 0.25) is 0 Å². The van der Waals surface area contributed by atoms with E-state index < -0.39 is 10.0 Å². The first-order valence-corrected chi connectivity index (χ1v) is 12.2. The number of aryl methyl sites for hydroxylation is 2. The smallest absolute Gasteiger partial charge is 0.262 e. The number of anilines is 3. The first-order valence-electron chi connectivity index (χ1n) is 9.85. The Morgan fingerprint density at radius 1 is 0.844 bits per heavy atom. The molecule has 4 aromatic rings. The third kappa shape index (κ3) is 4.71. The lowest BCUT2D eigenvalue weighted by Gasteiger charge is -2.11. The second-order valence-corrected chi connectivity index (χ2v) is 9.93. The molecule has 0 unspecified atom stereocenters. The highest BCUT2D eigenvalue weighted by Crippen LogP contribution is 2.27. The van der Waals surface area contributed by atoms with Gasteiger partial charge in [0.25, 0.3) is 10.0 Å². The maximum absolute atomic E-state index is 12.7.